The van der Waals surface area contributed by atoms with Gasteiger partial charge in [0.15, 0.2) is 5.78 Å². The summed E-state index contributed by atoms with van der Waals surface area (Å²) in [6.07, 6.45) is 5.96. The van der Waals surface area contributed by atoms with Crippen LogP contribution in [0.3, 0.4) is 0 Å². The van der Waals surface area contributed by atoms with Crippen molar-refractivity contribution in [1.29, 1.82) is 0 Å². The minimum Gasteiger partial charge on any atom is -0.473 e. The normalized spacial score (nSPS) is 15.0. The Morgan fingerprint density at radius 1 is 1.00 bits per heavy atom. The first kappa shape index (κ1) is 29.0. The van der Waals surface area contributed by atoms with Gasteiger partial charge in [-0.1, -0.05) is 24.3 Å². The van der Waals surface area contributed by atoms with Crippen LogP contribution in [0.5, 0.6) is 0 Å². The number of hydrogen-bond acceptors (Lipinski definition) is 6. The average molecular weight is 528 g/mol. The summed E-state index contributed by atoms with van der Waals surface area (Å²) in [6.45, 7) is 3.05. The van der Waals surface area contributed by atoms with Crippen molar-refractivity contribution in [2.24, 2.45) is 5.73 Å². The van der Waals surface area contributed by atoms with Crippen LogP contribution in [-0.4, -0.2) is 68.7 Å². The maximum atomic E-state index is 13.1. The highest BCUT2D eigenvalue weighted by molar-refractivity contribution is 6.27. The van der Waals surface area contributed by atoms with Crippen LogP contribution in [0.15, 0.2) is 54.7 Å². The van der Waals surface area contributed by atoms with E-state index in [1.165, 1.54) is 17.7 Å². The number of nitrogens with zero attached hydrogens (tertiary/aromatic N) is 2. The fraction of sp³-hybridized carbons (Fsp3) is 0.393. The van der Waals surface area contributed by atoms with E-state index in [9.17, 15) is 9.18 Å². The molecule has 0 aliphatic carbocycles. The Morgan fingerprint density at radius 2 is 1.66 bits per heavy atom. The number of carbonyl (C=O) groups is 3. The molecule has 1 aromatic heterocycles. The molecule has 9 nitrogen and oxygen atoms in total. The van der Waals surface area contributed by atoms with Gasteiger partial charge in [-0.3, -0.25) is 4.79 Å². The summed E-state index contributed by atoms with van der Waals surface area (Å²) in [5, 5.41) is 24.9. The molecule has 0 saturated carbocycles. The largest absolute Gasteiger partial charge is 0.473 e. The molecule has 0 amide bonds. The molecule has 10 heteroatoms. The van der Waals surface area contributed by atoms with Gasteiger partial charge in [-0.2, -0.15) is 0 Å². The van der Waals surface area contributed by atoms with E-state index in [1.807, 2.05) is 24.3 Å². The van der Waals surface area contributed by atoms with E-state index in [0.717, 1.165) is 55.4 Å². The van der Waals surface area contributed by atoms with Crippen LogP contribution in [0.1, 0.15) is 48.9 Å². The van der Waals surface area contributed by atoms with Gasteiger partial charge >= 0.3 is 11.9 Å². The quantitative estimate of drug-likeness (QED) is 0.311. The average Bonchev–Trinajstić information content (AvgIpc) is 3.35. The number of ketones is 1. The van der Waals surface area contributed by atoms with Gasteiger partial charge in [0.1, 0.15) is 5.82 Å². The molecule has 0 bridgehead atoms. The van der Waals surface area contributed by atoms with Gasteiger partial charge in [-0.25, -0.2) is 14.0 Å². The Hall–Kier alpha value is -3.60. The third-order valence-corrected chi connectivity index (χ3v) is 6.80. The van der Waals surface area contributed by atoms with E-state index in [0.29, 0.717) is 18.9 Å². The molecule has 2 heterocycles. The zero-order chi connectivity index (χ0) is 27.7. The first-order chi connectivity index (χ1) is 18.2. The molecule has 1 fully saturated rings. The number of halogens is 1. The van der Waals surface area contributed by atoms with Crippen LogP contribution < -0.4 is 5.73 Å². The third kappa shape index (κ3) is 7.95. The van der Waals surface area contributed by atoms with Gasteiger partial charge in [-0.05, 0) is 66.5 Å². The zero-order valence-corrected chi connectivity index (χ0v) is 21.1. The first-order valence-corrected chi connectivity index (χ1v) is 12.6. The van der Waals surface area contributed by atoms with Crippen molar-refractivity contribution in [2.75, 3.05) is 26.2 Å². The van der Waals surface area contributed by atoms with E-state index in [-0.39, 0.29) is 18.2 Å². The Kier molecular flexibility index (Phi) is 10.5. The minimum absolute atomic E-state index is 0.00292. The van der Waals surface area contributed by atoms with Crippen LogP contribution in [0.4, 0.5) is 4.39 Å². The lowest BCUT2D eigenvalue weighted by molar-refractivity contribution is -0.159. The van der Waals surface area contributed by atoms with Crippen molar-refractivity contribution in [3.05, 3.63) is 71.7 Å². The molecule has 4 rings (SSSR count). The SMILES string of the molecule is NC(C(=O)CCCO)c1ccc2ccn(C3CCN(CCc4ccc(F)cc4)CC3)c2c1.O=C(O)C(=O)O. The van der Waals surface area contributed by atoms with Crippen LogP contribution >= 0.6 is 0 Å². The molecule has 2 aromatic carbocycles. The van der Waals surface area contributed by atoms with Gasteiger partial charge in [0, 0.05) is 50.4 Å². The fourth-order valence-electron chi connectivity index (χ4n) is 4.63. The van der Waals surface area contributed by atoms with Crippen molar-refractivity contribution in [3.8, 4) is 0 Å². The lowest BCUT2D eigenvalue weighted by atomic mass is 9.99. The van der Waals surface area contributed by atoms with Crippen molar-refractivity contribution in [2.45, 2.75) is 44.2 Å². The second kappa shape index (κ2) is 13.8. The smallest absolute Gasteiger partial charge is 0.414 e. The summed E-state index contributed by atoms with van der Waals surface area (Å²) >= 11 is 0. The number of piperidine rings is 1. The molecular weight excluding hydrogens is 493 g/mol. The van der Waals surface area contributed by atoms with Crippen LogP contribution in [0.2, 0.25) is 0 Å². The number of aliphatic hydroxyl groups excluding tert-OH is 1. The van der Waals surface area contributed by atoms with Crippen molar-refractivity contribution < 1.29 is 34.1 Å². The monoisotopic (exact) mass is 527 g/mol. The van der Waals surface area contributed by atoms with Gasteiger partial charge in [-0.15, -0.1) is 0 Å². The van der Waals surface area contributed by atoms with Crippen LogP contribution in [-0.2, 0) is 20.8 Å². The maximum absolute atomic E-state index is 13.1. The molecule has 204 valence electrons. The molecule has 38 heavy (non-hydrogen) atoms. The molecule has 1 unspecified atom stereocenters. The first-order valence-electron chi connectivity index (χ1n) is 12.6. The van der Waals surface area contributed by atoms with Gasteiger partial charge in [0.2, 0.25) is 0 Å². The van der Waals surface area contributed by atoms with E-state index in [2.05, 4.69) is 27.8 Å². The van der Waals surface area contributed by atoms with Crippen LogP contribution in [0.25, 0.3) is 10.9 Å². The standard InChI is InChI=1S/C26H32FN3O2.C2H2O4/c27-22-7-3-19(4-8-22)9-13-29-14-11-23(12-15-29)30-16-10-20-5-6-21(18-24(20)30)26(28)25(32)2-1-17-31;3-1(4)2(5)6/h3-8,10,16,18,23,26,31H,1-2,9,11-15,17,28H2;(H,3,4)(H,5,6). The number of rotatable bonds is 9. The number of Topliss-reactive ketones (excluding diaryl/α,β-unsaturated/α-hetero) is 1. The van der Waals surface area contributed by atoms with Gasteiger partial charge in [0.25, 0.3) is 0 Å². The summed E-state index contributed by atoms with van der Waals surface area (Å²) in [5.41, 5.74) is 9.33. The number of aromatic nitrogens is 1. The number of carbonyl (C=O) groups excluding carboxylic acids is 1. The number of hydrogen-bond donors (Lipinski definition) is 4. The van der Waals surface area contributed by atoms with E-state index in [4.69, 9.17) is 30.6 Å². The number of aliphatic hydroxyl groups is 1. The lowest BCUT2D eigenvalue weighted by Crippen LogP contribution is -2.35. The van der Waals surface area contributed by atoms with E-state index < -0.39 is 18.0 Å². The predicted molar refractivity (Wildman–Crippen MR) is 140 cm³/mol. The molecule has 1 aliphatic heterocycles. The highest BCUT2D eigenvalue weighted by Crippen LogP contribution is 2.29. The van der Waals surface area contributed by atoms with Gasteiger partial charge in [0.05, 0.1) is 6.04 Å². The third-order valence-electron chi connectivity index (χ3n) is 6.80. The maximum Gasteiger partial charge on any atom is 0.414 e. The molecule has 1 aliphatic rings. The highest BCUT2D eigenvalue weighted by atomic mass is 19.1. The number of carboxylic acids is 2. The topological polar surface area (TPSA) is 146 Å². The lowest BCUT2D eigenvalue weighted by Gasteiger charge is -2.33. The molecule has 5 N–H and O–H groups in total. The summed E-state index contributed by atoms with van der Waals surface area (Å²) in [5.74, 6) is -3.87. The molecule has 1 saturated heterocycles. The second-order valence-electron chi connectivity index (χ2n) is 9.37. The Bertz CT molecular complexity index is 1220. The Morgan fingerprint density at radius 3 is 2.26 bits per heavy atom. The number of carboxylic acid groups (broad SMARTS) is 2. The minimum atomic E-state index is -1.82. The Balaban J connectivity index is 0.000000599. The summed E-state index contributed by atoms with van der Waals surface area (Å²) < 4.78 is 15.4. The van der Waals surface area contributed by atoms with Crippen LogP contribution in [0, 0.1) is 5.82 Å². The zero-order valence-electron chi connectivity index (χ0n) is 21.1. The number of benzene rings is 2. The number of likely N-dealkylation sites (tertiary alicyclic amines) is 1. The molecule has 1 atom stereocenters. The fourth-order valence-corrected chi connectivity index (χ4v) is 4.63. The molecular formula is C28H34FN3O6. The number of fused-ring (bicyclic) bond motifs is 1. The highest BCUT2D eigenvalue weighted by Gasteiger charge is 2.22. The van der Waals surface area contributed by atoms with E-state index in [1.54, 1.807) is 0 Å². The van der Waals surface area contributed by atoms with Gasteiger partial charge < -0.3 is 30.5 Å². The van der Waals surface area contributed by atoms with E-state index >= 15 is 0 Å². The Labute approximate surface area is 220 Å². The second-order valence-corrected chi connectivity index (χ2v) is 9.37. The summed E-state index contributed by atoms with van der Waals surface area (Å²) in [7, 11) is 0. The molecule has 0 radical (unpaired) electrons. The van der Waals surface area contributed by atoms with Crippen molar-refractivity contribution in [1.82, 2.24) is 9.47 Å². The number of nitrogens with two attached hydrogens (primary N) is 1. The summed E-state index contributed by atoms with van der Waals surface area (Å²) in [4.78, 5) is 33.0. The van der Waals surface area contributed by atoms with Crippen molar-refractivity contribution in [3.63, 3.8) is 0 Å². The molecule has 0 spiro atoms. The molecule has 3 aromatic rings. The van der Waals surface area contributed by atoms with Crippen molar-refractivity contribution >= 4 is 28.6 Å². The summed E-state index contributed by atoms with van der Waals surface area (Å²) in [6, 6.07) is 14.7. The number of aliphatic carboxylic acids is 2. The predicted octanol–water partition coefficient (Wildman–Crippen LogP) is 3.16.